The summed E-state index contributed by atoms with van der Waals surface area (Å²) in [5.41, 5.74) is 1.01. The van der Waals surface area contributed by atoms with Crippen molar-refractivity contribution in [1.82, 2.24) is 15.3 Å². The summed E-state index contributed by atoms with van der Waals surface area (Å²) in [6, 6.07) is 8.13. The third kappa shape index (κ3) is 5.61. The second-order valence-electron chi connectivity index (χ2n) is 5.07. The standard InChI is InChI=1S/C16H23N3OS/c1-13(2)20-10-5-8-17-9-11-21-16-14-6-3-4-7-15(14)18-12-19-16/h3-4,6-7,12-13,17H,5,8-11H2,1-2H3. The third-order valence-corrected chi connectivity index (χ3v) is 3.98. The molecule has 21 heavy (non-hydrogen) atoms. The first-order valence-electron chi connectivity index (χ1n) is 7.42. The van der Waals surface area contributed by atoms with E-state index in [4.69, 9.17) is 4.74 Å². The van der Waals surface area contributed by atoms with Crippen LogP contribution in [0.4, 0.5) is 0 Å². The van der Waals surface area contributed by atoms with Crippen LogP contribution in [-0.4, -0.2) is 41.5 Å². The minimum absolute atomic E-state index is 0.326. The molecule has 4 nitrogen and oxygen atoms in total. The number of benzene rings is 1. The molecule has 5 heteroatoms. The van der Waals surface area contributed by atoms with Gasteiger partial charge in [0.15, 0.2) is 0 Å². The van der Waals surface area contributed by atoms with E-state index in [1.165, 1.54) is 0 Å². The van der Waals surface area contributed by atoms with Gasteiger partial charge in [-0.25, -0.2) is 9.97 Å². The molecule has 0 amide bonds. The molecular weight excluding hydrogens is 282 g/mol. The lowest BCUT2D eigenvalue weighted by molar-refractivity contribution is 0.0772. The number of aromatic nitrogens is 2. The van der Waals surface area contributed by atoms with Gasteiger partial charge in [0.2, 0.25) is 0 Å². The van der Waals surface area contributed by atoms with Crippen LogP contribution >= 0.6 is 11.8 Å². The average molecular weight is 305 g/mol. The summed E-state index contributed by atoms with van der Waals surface area (Å²) >= 11 is 1.77. The zero-order chi connectivity index (χ0) is 14.9. The predicted molar refractivity (Wildman–Crippen MR) is 88.8 cm³/mol. The molecule has 1 aromatic carbocycles. The van der Waals surface area contributed by atoms with Crippen LogP contribution < -0.4 is 5.32 Å². The predicted octanol–water partition coefficient (Wildman–Crippen LogP) is 3.13. The number of thioether (sulfide) groups is 1. The zero-order valence-electron chi connectivity index (χ0n) is 12.7. The Labute approximate surface area is 130 Å². The molecule has 0 aliphatic heterocycles. The van der Waals surface area contributed by atoms with E-state index in [1.54, 1.807) is 18.1 Å². The Hall–Kier alpha value is -1.17. The molecule has 2 rings (SSSR count). The lowest BCUT2D eigenvalue weighted by Crippen LogP contribution is -2.20. The first kappa shape index (κ1) is 16.2. The fraction of sp³-hybridized carbons (Fsp3) is 0.500. The first-order valence-corrected chi connectivity index (χ1v) is 8.41. The topological polar surface area (TPSA) is 47.0 Å². The van der Waals surface area contributed by atoms with Crippen molar-refractivity contribution in [3.8, 4) is 0 Å². The van der Waals surface area contributed by atoms with Crippen LogP contribution in [0.2, 0.25) is 0 Å². The minimum atomic E-state index is 0.326. The van der Waals surface area contributed by atoms with E-state index in [0.717, 1.165) is 47.8 Å². The molecule has 0 atom stereocenters. The fourth-order valence-electron chi connectivity index (χ4n) is 1.96. The fourth-order valence-corrected chi connectivity index (χ4v) is 2.85. The molecule has 0 saturated heterocycles. The molecule has 0 bridgehead atoms. The Bertz CT molecular complexity index is 543. The first-order chi connectivity index (χ1) is 10.3. The summed E-state index contributed by atoms with van der Waals surface area (Å²) in [6.07, 6.45) is 3.02. The van der Waals surface area contributed by atoms with Gasteiger partial charge in [-0.15, -0.1) is 11.8 Å². The Morgan fingerprint density at radius 1 is 1.19 bits per heavy atom. The van der Waals surface area contributed by atoms with Crippen LogP contribution in [0.1, 0.15) is 20.3 Å². The second-order valence-corrected chi connectivity index (χ2v) is 6.15. The number of para-hydroxylation sites is 1. The van der Waals surface area contributed by atoms with Crippen molar-refractivity contribution in [2.24, 2.45) is 0 Å². The maximum absolute atomic E-state index is 5.50. The van der Waals surface area contributed by atoms with Gasteiger partial charge in [0.25, 0.3) is 0 Å². The molecule has 114 valence electrons. The molecule has 1 N–H and O–H groups in total. The van der Waals surface area contributed by atoms with Gasteiger partial charge in [-0.05, 0) is 32.9 Å². The van der Waals surface area contributed by atoms with Gasteiger partial charge in [-0.3, -0.25) is 0 Å². The van der Waals surface area contributed by atoms with E-state index >= 15 is 0 Å². The van der Waals surface area contributed by atoms with Gasteiger partial charge in [-0.1, -0.05) is 18.2 Å². The average Bonchev–Trinajstić information content (AvgIpc) is 2.50. The van der Waals surface area contributed by atoms with Gasteiger partial charge in [0, 0.05) is 24.3 Å². The monoisotopic (exact) mass is 305 g/mol. The molecule has 1 aromatic heterocycles. The molecule has 1 heterocycles. The van der Waals surface area contributed by atoms with Crippen LogP contribution in [0.25, 0.3) is 10.9 Å². The van der Waals surface area contributed by atoms with E-state index in [2.05, 4.69) is 35.2 Å². The van der Waals surface area contributed by atoms with Crippen LogP contribution in [0.3, 0.4) is 0 Å². The smallest absolute Gasteiger partial charge is 0.117 e. The lowest BCUT2D eigenvalue weighted by Gasteiger charge is -2.08. The van der Waals surface area contributed by atoms with Crippen molar-refractivity contribution in [2.75, 3.05) is 25.4 Å². The van der Waals surface area contributed by atoms with Crippen LogP contribution in [-0.2, 0) is 4.74 Å². The number of rotatable bonds is 9. The maximum Gasteiger partial charge on any atom is 0.117 e. The highest BCUT2D eigenvalue weighted by molar-refractivity contribution is 7.99. The van der Waals surface area contributed by atoms with Crippen molar-refractivity contribution in [2.45, 2.75) is 31.4 Å². The van der Waals surface area contributed by atoms with Crippen molar-refractivity contribution >= 4 is 22.7 Å². The molecular formula is C16H23N3OS. The summed E-state index contributed by atoms with van der Waals surface area (Å²) < 4.78 is 5.50. The molecule has 0 unspecified atom stereocenters. The van der Waals surface area contributed by atoms with E-state index in [-0.39, 0.29) is 0 Å². The minimum Gasteiger partial charge on any atom is -0.379 e. The van der Waals surface area contributed by atoms with Crippen LogP contribution in [0, 0.1) is 0 Å². The molecule has 2 aromatic rings. The third-order valence-electron chi connectivity index (χ3n) is 2.97. The van der Waals surface area contributed by atoms with E-state index in [9.17, 15) is 0 Å². The highest BCUT2D eigenvalue weighted by Crippen LogP contribution is 2.23. The highest BCUT2D eigenvalue weighted by Gasteiger charge is 2.03. The molecule has 0 saturated carbocycles. The number of hydrogen-bond acceptors (Lipinski definition) is 5. The SMILES string of the molecule is CC(C)OCCCNCCSc1ncnc2ccccc12. The van der Waals surface area contributed by atoms with Gasteiger partial charge in [0.1, 0.15) is 11.4 Å². The van der Waals surface area contributed by atoms with Crippen molar-refractivity contribution in [3.63, 3.8) is 0 Å². The van der Waals surface area contributed by atoms with Crippen LogP contribution in [0.15, 0.2) is 35.6 Å². The number of nitrogens with zero attached hydrogens (tertiary/aromatic N) is 2. The summed E-state index contributed by atoms with van der Waals surface area (Å²) in [4.78, 5) is 8.66. The second kappa shape index (κ2) is 8.97. The number of fused-ring (bicyclic) bond motifs is 1. The van der Waals surface area contributed by atoms with E-state index < -0.39 is 0 Å². The molecule has 0 aliphatic rings. The largest absolute Gasteiger partial charge is 0.379 e. The summed E-state index contributed by atoms with van der Waals surface area (Å²) in [5, 5.41) is 5.63. The zero-order valence-corrected chi connectivity index (χ0v) is 13.5. The molecule has 0 radical (unpaired) electrons. The van der Waals surface area contributed by atoms with E-state index in [1.807, 2.05) is 18.2 Å². The van der Waals surface area contributed by atoms with Crippen molar-refractivity contribution < 1.29 is 4.74 Å². The van der Waals surface area contributed by atoms with Crippen molar-refractivity contribution in [3.05, 3.63) is 30.6 Å². The normalized spacial score (nSPS) is 11.4. The number of ether oxygens (including phenoxy) is 1. The Kier molecular flexibility index (Phi) is 6.92. The molecule has 0 fully saturated rings. The number of nitrogens with one attached hydrogen (secondary N) is 1. The Morgan fingerprint density at radius 2 is 2.05 bits per heavy atom. The summed E-state index contributed by atoms with van der Waals surface area (Å²) in [5.74, 6) is 1.01. The maximum atomic E-state index is 5.50. The number of hydrogen-bond donors (Lipinski definition) is 1. The molecule has 0 spiro atoms. The quantitative estimate of drug-likeness (QED) is 0.438. The van der Waals surface area contributed by atoms with Gasteiger partial charge < -0.3 is 10.1 Å². The Morgan fingerprint density at radius 3 is 2.90 bits per heavy atom. The van der Waals surface area contributed by atoms with Gasteiger partial charge in [-0.2, -0.15) is 0 Å². The Balaban J connectivity index is 1.66. The summed E-state index contributed by atoms with van der Waals surface area (Å²) in [7, 11) is 0. The lowest BCUT2D eigenvalue weighted by atomic mass is 10.2. The van der Waals surface area contributed by atoms with Gasteiger partial charge >= 0.3 is 0 Å². The highest BCUT2D eigenvalue weighted by atomic mass is 32.2. The van der Waals surface area contributed by atoms with E-state index in [0.29, 0.717) is 6.10 Å². The van der Waals surface area contributed by atoms with Crippen molar-refractivity contribution in [1.29, 1.82) is 0 Å². The summed E-state index contributed by atoms with van der Waals surface area (Å²) in [6.45, 7) is 6.93. The van der Waals surface area contributed by atoms with Crippen LogP contribution in [0.5, 0.6) is 0 Å². The molecule has 0 aliphatic carbocycles. The van der Waals surface area contributed by atoms with Gasteiger partial charge in [0.05, 0.1) is 11.6 Å².